The Kier molecular flexibility index (Phi) is 7.08. The van der Waals surface area contributed by atoms with Crippen molar-refractivity contribution < 1.29 is 14.2 Å². The second kappa shape index (κ2) is 8.32. The van der Waals surface area contributed by atoms with E-state index in [0.717, 1.165) is 43.2 Å². The Labute approximate surface area is 133 Å². The fraction of sp³-hybridized carbons (Fsp3) is 0.600. The van der Waals surface area contributed by atoms with E-state index in [9.17, 15) is 0 Å². The monoisotopic (exact) mass is 316 g/mol. The third-order valence-corrected chi connectivity index (χ3v) is 3.63. The highest BCUT2D eigenvalue weighted by Gasteiger charge is 2.19. The molecule has 5 nitrogen and oxygen atoms in total. The van der Waals surface area contributed by atoms with Gasteiger partial charge in [-0.1, -0.05) is 0 Å². The number of halogens is 1. The summed E-state index contributed by atoms with van der Waals surface area (Å²) in [5.41, 5.74) is 1.12. The number of nitrogens with zero attached hydrogens (tertiary/aromatic N) is 1. The van der Waals surface area contributed by atoms with Gasteiger partial charge in [-0.2, -0.15) is 0 Å². The van der Waals surface area contributed by atoms with Crippen molar-refractivity contribution in [2.75, 3.05) is 41.0 Å². The van der Waals surface area contributed by atoms with Crippen LogP contribution in [0.3, 0.4) is 0 Å². The molecule has 0 bridgehead atoms. The third-order valence-electron chi connectivity index (χ3n) is 3.63. The molecule has 1 fully saturated rings. The molecule has 1 heterocycles. The minimum atomic E-state index is 0. The molecule has 1 aromatic rings. The Bertz CT molecular complexity index is 457. The molecular formula is C15H25ClN2O3. The quantitative estimate of drug-likeness (QED) is 0.899. The smallest absolute Gasteiger partial charge is 0.164 e. The van der Waals surface area contributed by atoms with E-state index in [2.05, 4.69) is 17.1 Å². The van der Waals surface area contributed by atoms with E-state index in [0.29, 0.717) is 11.8 Å². The lowest BCUT2D eigenvalue weighted by Crippen LogP contribution is -2.48. The number of nitrogens with one attached hydrogen (secondary N) is 1. The molecule has 0 radical (unpaired) electrons. The van der Waals surface area contributed by atoms with Crippen molar-refractivity contribution >= 4 is 12.4 Å². The average Bonchev–Trinajstić information content (AvgIpc) is 2.46. The van der Waals surface area contributed by atoms with E-state index in [1.54, 1.807) is 21.3 Å². The molecule has 1 N–H and O–H groups in total. The van der Waals surface area contributed by atoms with Crippen LogP contribution in [-0.4, -0.2) is 51.9 Å². The summed E-state index contributed by atoms with van der Waals surface area (Å²) in [6, 6.07) is 4.42. The highest BCUT2D eigenvalue weighted by atomic mass is 35.5. The normalized spacial score (nSPS) is 18.8. The number of methoxy groups -OCH3 is 3. The van der Waals surface area contributed by atoms with Gasteiger partial charge in [0.05, 0.1) is 21.3 Å². The molecule has 120 valence electrons. The minimum Gasteiger partial charge on any atom is -0.496 e. The Morgan fingerprint density at radius 3 is 2.29 bits per heavy atom. The van der Waals surface area contributed by atoms with Crippen molar-refractivity contribution in [1.29, 1.82) is 0 Å². The van der Waals surface area contributed by atoms with Gasteiger partial charge < -0.3 is 19.5 Å². The summed E-state index contributed by atoms with van der Waals surface area (Å²) in [7, 11) is 4.97. The van der Waals surface area contributed by atoms with Gasteiger partial charge in [-0.3, -0.25) is 4.90 Å². The van der Waals surface area contributed by atoms with Gasteiger partial charge in [-0.15, -0.1) is 12.4 Å². The van der Waals surface area contributed by atoms with Crippen LogP contribution in [0.2, 0.25) is 0 Å². The first-order chi connectivity index (χ1) is 9.67. The molecule has 1 aliphatic rings. The van der Waals surface area contributed by atoms with Crippen LogP contribution in [0.25, 0.3) is 0 Å². The molecule has 21 heavy (non-hydrogen) atoms. The van der Waals surface area contributed by atoms with E-state index in [1.807, 2.05) is 12.1 Å². The van der Waals surface area contributed by atoms with Gasteiger partial charge in [-0.05, 0) is 13.0 Å². The maximum atomic E-state index is 5.48. The lowest BCUT2D eigenvalue weighted by molar-refractivity contribution is 0.197. The molecule has 1 unspecified atom stereocenters. The van der Waals surface area contributed by atoms with Gasteiger partial charge in [0.25, 0.3) is 0 Å². The summed E-state index contributed by atoms with van der Waals surface area (Å²) >= 11 is 0. The molecule has 0 amide bonds. The summed E-state index contributed by atoms with van der Waals surface area (Å²) in [4.78, 5) is 2.42. The molecule has 0 spiro atoms. The molecular weight excluding hydrogens is 292 g/mol. The highest BCUT2D eigenvalue weighted by Crippen LogP contribution is 2.35. The molecule has 0 aromatic heterocycles. The second-order valence-corrected chi connectivity index (χ2v) is 5.11. The van der Waals surface area contributed by atoms with Crippen molar-refractivity contribution in [1.82, 2.24) is 10.2 Å². The van der Waals surface area contributed by atoms with Crippen LogP contribution in [0.1, 0.15) is 12.5 Å². The molecule has 2 rings (SSSR count). The molecule has 1 saturated heterocycles. The Balaban J connectivity index is 0.00000220. The standard InChI is InChI=1S/C15H24N2O3.ClH/c1-11-9-17(6-5-16-11)10-12-7-14(19-3)15(20-4)8-13(12)18-2;/h7-8,11,16H,5-6,9-10H2,1-4H3;1H. The number of piperazine rings is 1. The largest absolute Gasteiger partial charge is 0.496 e. The molecule has 1 atom stereocenters. The summed E-state index contributed by atoms with van der Waals surface area (Å²) in [5, 5.41) is 3.45. The first-order valence-corrected chi connectivity index (χ1v) is 6.92. The Hall–Kier alpha value is -1.17. The maximum absolute atomic E-state index is 5.48. The number of rotatable bonds is 5. The number of hydrogen-bond donors (Lipinski definition) is 1. The highest BCUT2D eigenvalue weighted by molar-refractivity contribution is 5.85. The van der Waals surface area contributed by atoms with Crippen molar-refractivity contribution in [2.45, 2.75) is 19.5 Å². The zero-order valence-electron chi connectivity index (χ0n) is 13.1. The van der Waals surface area contributed by atoms with Gasteiger partial charge in [0, 0.05) is 43.9 Å². The first kappa shape index (κ1) is 17.9. The van der Waals surface area contributed by atoms with Crippen molar-refractivity contribution in [3.8, 4) is 17.2 Å². The van der Waals surface area contributed by atoms with E-state index in [1.165, 1.54) is 0 Å². The molecule has 1 aliphatic heterocycles. The fourth-order valence-electron chi connectivity index (χ4n) is 2.61. The third kappa shape index (κ3) is 4.40. The predicted molar refractivity (Wildman–Crippen MR) is 86.1 cm³/mol. The lowest BCUT2D eigenvalue weighted by Gasteiger charge is -2.32. The number of benzene rings is 1. The fourth-order valence-corrected chi connectivity index (χ4v) is 2.61. The summed E-state index contributed by atoms with van der Waals surface area (Å²) in [6.45, 7) is 6.17. The van der Waals surface area contributed by atoms with Crippen LogP contribution in [-0.2, 0) is 6.54 Å². The van der Waals surface area contributed by atoms with Gasteiger partial charge in [0.15, 0.2) is 11.5 Å². The average molecular weight is 317 g/mol. The lowest BCUT2D eigenvalue weighted by atomic mass is 10.1. The Morgan fingerprint density at radius 2 is 1.71 bits per heavy atom. The van der Waals surface area contributed by atoms with Gasteiger partial charge in [0.1, 0.15) is 5.75 Å². The summed E-state index contributed by atoms with van der Waals surface area (Å²) in [5.74, 6) is 2.28. The van der Waals surface area contributed by atoms with Gasteiger partial charge in [0.2, 0.25) is 0 Å². The maximum Gasteiger partial charge on any atom is 0.164 e. The van der Waals surface area contributed by atoms with Crippen molar-refractivity contribution in [3.63, 3.8) is 0 Å². The van der Waals surface area contributed by atoms with Crippen LogP contribution in [0.5, 0.6) is 17.2 Å². The van der Waals surface area contributed by atoms with Gasteiger partial charge in [-0.25, -0.2) is 0 Å². The van der Waals surface area contributed by atoms with Crippen molar-refractivity contribution in [3.05, 3.63) is 17.7 Å². The SMILES string of the molecule is COc1cc(OC)c(OC)cc1CN1CCNC(C)C1.Cl. The van der Waals surface area contributed by atoms with Gasteiger partial charge >= 0.3 is 0 Å². The predicted octanol–water partition coefficient (Wildman–Crippen LogP) is 1.93. The Morgan fingerprint density at radius 1 is 1.10 bits per heavy atom. The van der Waals surface area contributed by atoms with E-state index < -0.39 is 0 Å². The number of ether oxygens (including phenoxy) is 3. The van der Waals surface area contributed by atoms with Crippen LogP contribution < -0.4 is 19.5 Å². The van der Waals surface area contributed by atoms with Crippen LogP contribution in [0.15, 0.2) is 12.1 Å². The van der Waals surface area contributed by atoms with Crippen molar-refractivity contribution in [2.24, 2.45) is 0 Å². The molecule has 0 saturated carbocycles. The zero-order valence-corrected chi connectivity index (χ0v) is 14.0. The van der Waals surface area contributed by atoms with E-state index in [-0.39, 0.29) is 12.4 Å². The number of hydrogen-bond acceptors (Lipinski definition) is 5. The molecule has 0 aliphatic carbocycles. The van der Waals surface area contributed by atoms with Crippen LogP contribution in [0, 0.1) is 0 Å². The zero-order chi connectivity index (χ0) is 14.5. The molecule has 6 heteroatoms. The van der Waals surface area contributed by atoms with Crippen LogP contribution in [0.4, 0.5) is 0 Å². The van der Waals surface area contributed by atoms with E-state index >= 15 is 0 Å². The van der Waals surface area contributed by atoms with E-state index in [4.69, 9.17) is 14.2 Å². The summed E-state index contributed by atoms with van der Waals surface area (Å²) < 4.78 is 16.2. The first-order valence-electron chi connectivity index (χ1n) is 6.92. The second-order valence-electron chi connectivity index (χ2n) is 5.11. The summed E-state index contributed by atoms with van der Waals surface area (Å²) in [6.07, 6.45) is 0. The topological polar surface area (TPSA) is 43.0 Å². The minimum absolute atomic E-state index is 0. The van der Waals surface area contributed by atoms with Crippen LogP contribution >= 0.6 is 12.4 Å². The molecule has 1 aromatic carbocycles.